The van der Waals surface area contributed by atoms with Gasteiger partial charge >= 0.3 is 0 Å². The van der Waals surface area contributed by atoms with E-state index in [4.69, 9.17) is 4.74 Å². The van der Waals surface area contributed by atoms with E-state index in [1.54, 1.807) is 12.1 Å². The van der Waals surface area contributed by atoms with Crippen molar-refractivity contribution in [1.82, 2.24) is 10.6 Å². The number of nitrogens with zero attached hydrogens (tertiary/aromatic N) is 1. The summed E-state index contributed by atoms with van der Waals surface area (Å²) in [6.07, 6.45) is 2.98. The number of hydrogen-bond donors (Lipinski definition) is 2. The Labute approximate surface area is 160 Å². The topological polar surface area (TPSA) is 62.7 Å². The summed E-state index contributed by atoms with van der Waals surface area (Å²) >= 11 is 0. The molecule has 0 radical (unpaired) electrons. The van der Waals surface area contributed by atoms with Crippen LogP contribution in [0, 0.1) is 0 Å². The standard InChI is InChI=1S/C22H27N3O2/c1-2-3-15-27-19-11-9-17(10-12-19)22(26)24-14-6-13-23-21-20-8-5-4-7-18(20)16-25-21/h4-5,7-12H,2-3,6,13-16H2,1H3,(H,23,25)(H,24,26). The molecule has 1 aliphatic heterocycles. The van der Waals surface area contributed by atoms with Gasteiger partial charge in [-0.05, 0) is 42.7 Å². The highest BCUT2D eigenvalue weighted by atomic mass is 16.5. The molecule has 0 saturated heterocycles. The van der Waals surface area contributed by atoms with Crippen LogP contribution >= 0.6 is 0 Å². The minimum absolute atomic E-state index is 0.0568. The van der Waals surface area contributed by atoms with Crippen molar-refractivity contribution in [2.45, 2.75) is 32.7 Å². The average Bonchev–Trinajstić information content (AvgIpc) is 3.11. The molecule has 0 aromatic heterocycles. The van der Waals surface area contributed by atoms with Crippen LogP contribution in [0.3, 0.4) is 0 Å². The largest absolute Gasteiger partial charge is 0.494 e. The zero-order valence-electron chi connectivity index (χ0n) is 15.8. The molecule has 5 heteroatoms. The van der Waals surface area contributed by atoms with Gasteiger partial charge in [0.1, 0.15) is 11.6 Å². The van der Waals surface area contributed by atoms with E-state index in [0.717, 1.165) is 43.9 Å². The van der Waals surface area contributed by atoms with E-state index < -0.39 is 0 Å². The van der Waals surface area contributed by atoms with Crippen LogP contribution in [0.1, 0.15) is 47.7 Å². The third kappa shape index (κ3) is 5.33. The number of carbonyl (C=O) groups excluding carboxylic acids is 1. The van der Waals surface area contributed by atoms with Crippen LogP contribution in [0.4, 0.5) is 0 Å². The van der Waals surface area contributed by atoms with Gasteiger partial charge in [-0.3, -0.25) is 9.79 Å². The van der Waals surface area contributed by atoms with Crippen molar-refractivity contribution in [3.05, 3.63) is 65.2 Å². The Morgan fingerprint density at radius 3 is 2.70 bits per heavy atom. The molecule has 5 nitrogen and oxygen atoms in total. The van der Waals surface area contributed by atoms with E-state index in [0.29, 0.717) is 18.7 Å². The molecule has 0 bridgehead atoms. The predicted octanol–water partition coefficient (Wildman–Crippen LogP) is 3.54. The summed E-state index contributed by atoms with van der Waals surface area (Å²) in [6, 6.07) is 15.6. The average molecular weight is 365 g/mol. The zero-order valence-corrected chi connectivity index (χ0v) is 15.8. The van der Waals surface area contributed by atoms with Crippen LogP contribution in [0.5, 0.6) is 5.75 Å². The van der Waals surface area contributed by atoms with Gasteiger partial charge in [0.25, 0.3) is 5.91 Å². The fourth-order valence-corrected chi connectivity index (χ4v) is 2.93. The smallest absolute Gasteiger partial charge is 0.251 e. The van der Waals surface area contributed by atoms with Crippen molar-refractivity contribution in [1.29, 1.82) is 0 Å². The number of fused-ring (bicyclic) bond motifs is 1. The number of benzene rings is 2. The molecule has 2 aromatic carbocycles. The van der Waals surface area contributed by atoms with Gasteiger partial charge in [-0.1, -0.05) is 37.6 Å². The van der Waals surface area contributed by atoms with E-state index in [9.17, 15) is 4.79 Å². The minimum Gasteiger partial charge on any atom is -0.494 e. The van der Waals surface area contributed by atoms with Gasteiger partial charge in [-0.25, -0.2) is 0 Å². The molecule has 0 saturated carbocycles. The summed E-state index contributed by atoms with van der Waals surface area (Å²) in [5.41, 5.74) is 3.10. The molecule has 2 N–H and O–H groups in total. The van der Waals surface area contributed by atoms with Gasteiger partial charge in [0.2, 0.25) is 0 Å². The Hall–Kier alpha value is -2.82. The van der Waals surface area contributed by atoms with Crippen LogP contribution in [0.2, 0.25) is 0 Å². The Morgan fingerprint density at radius 2 is 1.89 bits per heavy atom. The third-order valence-corrected chi connectivity index (χ3v) is 4.49. The van der Waals surface area contributed by atoms with Crippen molar-refractivity contribution >= 4 is 11.7 Å². The first-order valence-corrected chi connectivity index (χ1v) is 9.65. The minimum atomic E-state index is -0.0568. The van der Waals surface area contributed by atoms with Gasteiger partial charge in [-0.2, -0.15) is 0 Å². The third-order valence-electron chi connectivity index (χ3n) is 4.49. The van der Waals surface area contributed by atoms with Crippen LogP contribution in [0.25, 0.3) is 0 Å². The summed E-state index contributed by atoms with van der Waals surface area (Å²) in [4.78, 5) is 16.7. The van der Waals surface area contributed by atoms with Crippen molar-refractivity contribution in [2.24, 2.45) is 4.99 Å². The van der Waals surface area contributed by atoms with Crippen molar-refractivity contribution < 1.29 is 9.53 Å². The Balaban J connectivity index is 1.35. The number of aliphatic imine (C=N–C) groups is 1. The van der Waals surface area contributed by atoms with Crippen molar-refractivity contribution in [3.8, 4) is 5.75 Å². The lowest BCUT2D eigenvalue weighted by molar-refractivity contribution is 0.0953. The molecule has 0 unspecified atom stereocenters. The van der Waals surface area contributed by atoms with Crippen LogP contribution < -0.4 is 15.4 Å². The number of ether oxygens (including phenoxy) is 1. The van der Waals surface area contributed by atoms with E-state index in [2.05, 4.69) is 34.7 Å². The number of hydrogen-bond acceptors (Lipinski definition) is 4. The van der Waals surface area contributed by atoms with Gasteiger partial charge < -0.3 is 15.4 Å². The van der Waals surface area contributed by atoms with Gasteiger partial charge in [-0.15, -0.1) is 0 Å². The van der Waals surface area contributed by atoms with Gasteiger partial charge in [0, 0.05) is 24.2 Å². The summed E-state index contributed by atoms with van der Waals surface area (Å²) in [5, 5.41) is 6.32. The monoisotopic (exact) mass is 365 g/mol. The summed E-state index contributed by atoms with van der Waals surface area (Å²) in [7, 11) is 0. The normalized spacial score (nSPS) is 12.3. The van der Waals surface area contributed by atoms with Gasteiger partial charge in [0.05, 0.1) is 13.2 Å². The first-order valence-electron chi connectivity index (χ1n) is 9.65. The second-order valence-electron chi connectivity index (χ2n) is 6.58. The number of nitrogens with one attached hydrogen (secondary N) is 2. The van der Waals surface area contributed by atoms with Crippen molar-refractivity contribution in [3.63, 3.8) is 0 Å². The maximum atomic E-state index is 12.2. The highest BCUT2D eigenvalue weighted by Gasteiger charge is 2.13. The Kier molecular flexibility index (Phi) is 6.85. The maximum Gasteiger partial charge on any atom is 0.251 e. The molecule has 27 heavy (non-hydrogen) atoms. The molecule has 1 amide bonds. The van der Waals surface area contributed by atoms with E-state index in [1.165, 1.54) is 11.1 Å². The summed E-state index contributed by atoms with van der Waals surface area (Å²) in [5.74, 6) is 1.70. The molecule has 1 aliphatic rings. The van der Waals surface area contributed by atoms with Crippen molar-refractivity contribution in [2.75, 3.05) is 19.7 Å². The van der Waals surface area contributed by atoms with E-state index in [-0.39, 0.29) is 5.91 Å². The molecule has 0 spiro atoms. The van der Waals surface area contributed by atoms with Gasteiger partial charge in [0.15, 0.2) is 0 Å². The lowest BCUT2D eigenvalue weighted by Crippen LogP contribution is -2.29. The van der Waals surface area contributed by atoms with Crippen LogP contribution in [-0.4, -0.2) is 31.4 Å². The second-order valence-corrected chi connectivity index (χ2v) is 6.58. The molecular formula is C22H27N3O2. The zero-order chi connectivity index (χ0) is 18.9. The highest BCUT2D eigenvalue weighted by molar-refractivity contribution is 6.01. The Bertz CT molecular complexity index is 784. The summed E-state index contributed by atoms with van der Waals surface area (Å²) in [6.45, 7) is 4.98. The first kappa shape index (κ1) is 19.0. The fraction of sp³-hybridized carbons (Fsp3) is 0.364. The number of unbranched alkanes of at least 4 members (excludes halogenated alkanes) is 1. The molecule has 1 heterocycles. The number of rotatable bonds is 9. The molecule has 3 rings (SSSR count). The summed E-state index contributed by atoms with van der Waals surface area (Å²) < 4.78 is 5.62. The van der Waals surface area contributed by atoms with Crippen LogP contribution in [-0.2, 0) is 6.54 Å². The predicted molar refractivity (Wildman–Crippen MR) is 108 cm³/mol. The SMILES string of the molecule is CCCCOc1ccc(C(=O)NCCCNC2=NCc3ccccc32)cc1. The number of amidine groups is 1. The number of amides is 1. The molecule has 0 aliphatic carbocycles. The molecule has 142 valence electrons. The number of carbonyl (C=O) groups is 1. The highest BCUT2D eigenvalue weighted by Crippen LogP contribution is 2.16. The van der Waals surface area contributed by atoms with E-state index >= 15 is 0 Å². The lowest BCUT2D eigenvalue weighted by Gasteiger charge is -2.09. The molecule has 2 aromatic rings. The quantitative estimate of drug-likeness (QED) is 0.668. The molecule has 0 atom stereocenters. The molecule has 0 fully saturated rings. The van der Waals surface area contributed by atoms with Crippen LogP contribution in [0.15, 0.2) is 53.5 Å². The lowest BCUT2D eigenvalue weighted by atomic mass is 10.1. The second kappa shape index (κ2) is 9.76. The van der Waals surface area contributed by atoms with E-state index in [1.807, 2.05) is 24.3 Å². The Morgan fingerprint density at radius 1 is 1.07 bits per heavy atom. The fourth-order valence-electron chi connectivity index (χ4n) is 2.93. The first-order chi connectivity index (χ1) is 13.3. The molecular weight excluding hydrogens is 338 g/mol. The maximum absolute atomic E-state index is 12.2.